The summed E-state index contributed by atoms with van der Waals surface area (Å²) in [5, 5.41) is 14.3. The Morgan fingerprint density at radius 3 is 2.84 bits per heavy atom. The maximum absolute atomic E-state index is 9.21. The monoisotopic (exact) mass is 382 g/mol. The minimum absolute atomic E-state index is 0.167. The van der Waals surface area contributed by atoms with Crippen LogP contribution in [0.25, 0.3) is 0 Å². The number of nitrogens with zero attached hydrogens (tertiary/aromatic N) is 6. The Labute approximate surface area is 155 Å². The average Bonchev–Trinajstić information content (AvgIpc) is 3.22. The van der Waals surface area contributed by atoms with Gasteiger partial charge in [-0.3, -0.25) is 4.90 Å². The molecule has 1 fully saturated rings. The van der Waals surface area contributed by atoms with Crippen molar-refractivity contribution in [3.8, 4) is 6.07 Å². The van der Waals surface area contributed by atoms with Crippen LogP contribution in [0, 0.1) is 11.3 Å². The SMILES string of the molecule is CCOC(C)c1noc(CN2CCN(c3snc(Cl)c3C#N)CC2)n1. The van der Waals surface area contributed by atoms with Crippen LogP contribution < -0.4 is 4.90 Å². The molecule has 2 aromatic rings. The van der Waals surface area contributed by atoms with Gasteiger partial charge in [-0.1, -0.05) is 16.8 Å². The summed E-state index contributed by atoms with van der Waals surface area (Å²) >= 11 is 7.22. The molecule has 0 amide bonds. The predicted molar refractivity (Wildman–Crippen MR) is 93.7 cm³/mol. The number of ether oxygens (including phenoxy) is 1. The van der Waals surface area contributed by atoms with E-state index >= 15 is 0 Å². The van der Waals surface area contributed by atoms with Crippen molar-refractivity contribution in [2.24, 2.45) is 0 Å². The molecule has 3 heterocycles. The fraction of sp³-hybridized carbons (Fsp3) is 0.600. The van der Waals surface area contributed by atoms with Crippen molar-refractivity contribution in [2.45, 2.75) is 26.5 Å². The van der Waals surface area contributed by atoms with Crippen molar-refractivity contribution in [2.75, 3.05) is 37.7 Å². The molecule has 8 nitrogen and oxygen atoms in total. The van der Waals surface area contributed by atoms with Gasteiger partial charge in [0.25, 0.3) is 0 Å². The maximum Gasteiger partial charge on any atom is 0.240 e. The van der Waals surface area contributed by atoms with Gasteiger partial charge in [0.15, 0.2) is 11.0 Å². The summed E-state index contributed by atoms with van der Waals surface area (Å²) in [5.41, 5.74) is 0.464. The third-order valence-electron chi connectivity index (χ3n) is 4.03. The van der Waals surface area contributed by atoms with Crippen LogP contribution in [0.2, 0.25) is 5.15 Å². The predicted octanol–water partition coefficient (Wildman–Crippen LogP) is 2.47. The number of hydrogen-bond acceptors (Lipinski definition) is 9. The third kappa shape index (κ3) is 4.10. The minimum Gasteiger partial charge on any atom is -0.371 e. The largest absolute Gasteiger partial charge is 0.371 e. The summed E-state index contributed by atoms with van der Waals surface area (Å²) in [7, 11) is 0. The van der Waals surface area contributed by atoms with E-state index in [-0.39, 0.29) is 11.3 Å². The highest BCUT2D eigenvalue weighted by Crippen LogP contribution is 2.31. The van der Waals surface area contributed by atoms with Crippen LogP contribution in [-0.2, 0) is 11.3 Å². The van der Waals surface area contributed by atoms with Crippen molar-refractivity contribution < 1.29 is 9.26 Å². The second kappa shape index (κ2) is 8.10. The molecule has 0 radical (unpaired) electrons. The molecule has 1 aliphatic heterocycles. The number of rotatable bonds is 6. The lowest BCUT2D eigenvalue weighted by molar-refractivity contribution is 0.0683. The van der Waals surface area contributed by atoms with Crippen LogP contribution in [0.15, 0.2) is 4.52 Å². The van der Waals surface area contributed by atoms with E-state index in [1.54, 1.807) is 0 Å². The lowest BCUT2D eigenvalue weighted by atomic mass is 10.3. The highest BCUT2D eigenvalue weighted by atomic mass is 35.5. The molecule has 134 valence electrons. The summed E-state index contributed by atoms with van der Waals surface area (Å²) < 4.78 is 14.9. The normalized spacial score (nSPS) is 16.8. The van der Waals surface area contributed by atoms with Crippen molar-refractivity contribution in [1.82, 2.24) is 19.4 Å². The van der Waals surface area contributed by atoms with Gasteiger partial charge in [-0.2, -0.15) is 14.6 Å². The Morgan fingerprint density at radius 2 is 2.16 bits per heavy atom. The Bertz CT molecular complexity index is 750. The minimum atomic E-state index is -0.167. The van der Waals surface area contributed by atoms with Crippen LogP contribution in [0.3, 0.4) is 0 Å². The van der Waals surface area contributed by atoms with E-state index in [1.165, 1.54) is 11.5 Å². The Balaban J connectivity index is 1.55. The first-order valence-corrected chi connectivity index (χ1v) is 9.24. The highest BCUT2D eigenvalue weighted by Gasteiger charge is 2.24. The van der Waals surface area contributed by atoms with Crippen LogP contribution >= 0.6 is 23.1 Å². The molecule has 10 heteroatoms. The number of anilines is 1. The van der Waals surface area contributed by atoms with Crippen molar-refractivity contribution in [3.63, 3.8) is 0 Å². The number of piperazine rings is 1. The van der Waals surface area contributed by atoms with E-state index < -0.39 is 0 Å². The average molecular weight is 383 g/mol. The molecular weight excluding hydrogens is 364 g/mol. The van der Waals surface area contributed by atoms with Gasteiger partial charge in [0.05, 0.1) is 6.54 Å². The highest BCUT2D eigenvalue weighted by molar-refractivity contribution is 7.10. The Kier molecular flexibility index (Phi) is 5.86. The van der Waals surface area contributed by atoms with Gasteiger partial charge >= 0.3 is 0 Å². The Morgan fingerprint density at radius 1 is 1.40 bits per heavy atom. The fourth-order valence-electron chi connectivity index (χ4n) is 2.69. The summed E-state index contributed by atoms with van der Waals surface area (Å²) in [5.74, 6) is 1.17. The van der Waals surface area contributed by atoms with Gasteiger partial charge in [0.1, 0.15) is 22.7 Å². The molecular formula is C15H19ClN6O2S. The molecule has 0 bridgehead atoms. The zero-order valence-corrected chi connectivity index (χ0v) is 15.7. The second-order valence-corrected chi connectivity index (χ2v) is 6.78. The van der Waals surface area contributed by atoms with Gasteiger partial charge < -0.3 is 14.2 Å². The molecule has 0 N–H and O–H groups in total. The third-order valence-corrected chi connectivity index (χ3v) is 5.31. The zero-order valence-electron chi connectivity index (χ0n) is 14.1. The molecule has 0 aliphatic carbocycles. The first-order valence-electron chi connectivity index (χ1n) is 8.09. The zero-order chi connectivity index (χ0) is 17.8. The lowest BCUT2D eigenvalue weighted by Gasteiger charge is -2.34. The van der Waals surface area contributed by atoms with Crippen LogP contribution in [0.1, 0.15) is 37.2 Å². The van der Waals surface area contributed by atoms with Gasteiger partial charge in [-0.25, -0.2) is 0 Å². The molecule has 1 atom stereocenters. The van der Waals surface area contributed by atoms with Crippen molar-refractivity contribution in [1.29, 1.82) is 5.26 Å². The van der Waals surface area contributed by atoms with Gasteiger partial charge in [0.2, 0.25) is 5.89 Å². The standard InChI is InChI=1S/C15H19ClN6O2S/c1-3-23-10(2)14-18-12(24-19-14)9-21-4-6-22(7-5-21)15-11(8-17)13(16)20-25-15/h10H,3-7,9H2,1-2H3. The van der Waals surface area contributed by atoms with E-state index in [4.69, 9.17) is 20.9 Å². The van der Waals surface area contributed by atoms with E-state index in [2.05, 4.69) is 30.4 Å². The van der Waals surface area contributed by atoms with Gasteiger partial charge in [-0.05, 0) is 25.4 Å². The molecule has 3 rings (SSSR count). The molecule has 0 aromatic carbocycles. The first kappa shape index (κ1) is 18.1. The topological polar surface area (TPSA) is 91.3 Å². The molecule has 1 aliphatic rings. The number of hydrogen-bond donors (Lipinski definition) is 0. The van der Waals surface area contributed by atoms with Crippen molar-refractivity contribution >= 4 is 28.1 Å². The fourth-order valence-corrected chi connectivity index (χ4v) is 3.78. The van der Waals surface area contributed by atoms with E-state index in [1.807, 2.05) is 13.8 Å². The van der Waals surface area contributed by atoms with Crippen LogP contribution in [0.4, 0.5) is 5.00 Å². The molecule has 0 spiro atoms. The van der Waals surface area contributed by atoms with Crippen LogP contribution in [-0.4, -0.2) is 52.2 Å². The maximum atomic E-state index is 9.21. The summed E-state index contributed by atoms with van der Waals surface area (Å²) in [6.45, 7) is 8.31. The van der Waals surface area contributed by atoms with E-state index in [0.29, 0.717) is 30.4 Å². The lowest BCUT2D eigenvalue weighted by Crippen LogP contribution is -2.46. The number of halogens is 1. The molecule has 25 heavy (non-hydrogen) atoms. The summed E-state index contributed by atoms with van der Waals surface area (Å²) in [6.07, 6.45) is -0.167. The second-order valence-electron chi connectivity index (χ2n) is 5.67. The first-order chi connectivity index (χ1) is 12.1. The molecule has 2 aromatic heterocycles. The van der Waals surface area contributed by atoms with Gasteiger partial charge in [0, 0.05) is 32.8 Å². The molecule has 1 saturated heterocycles. The smallest absolute Gasteiger partial charge is 0.240 e. The molecule has 0 saturated carbocycles. The summed E-state index contributed by atoms with van der Waals surface area (Å²) in [4.78, 5) is 8.80. The van der Waals surface area contributed by atoms with E-state index in [9.17, 15) is 5.26 Å². The Hall–Kier alpha value is -1.73. The van der Waals surface area contributed by atoms with Crippen LogP contribution in [0.5, 0.6) is 0 Å². The number of nitriles is 1. The number of aromatic nitrogens is 3. The van der Waals surface area contributed by atoms with Gasteiger partial charge in [-0.15, -0.1) is 0 Å². The van der Waals surface area contributed by atoms with E-state index in [0.717, 1.165) is 31.2 Å². The quantitative estimate of drug-likeness (QED) is 0.752. The van der Waals surface area contributed by atoms with Crippen molar-refractivity contribution in [3.05, 3.63) is 22.4 Å². The molecule has 1 unspecified atom stereocenters. The summed E-state index contributed by atoms with van der Waals surface area (Å²) in [6, 6.07) is 2.13.